The van der Waals surface area contributed by atoms with Crippen LogP contribution in [-0.2, 0) is 43.4 Å². The number of Topliss-reactive ketones (excluding diaryl/α,β-unsaturated/α-hetero) is 1. The normalized spacial score (nSPS) is 15.7. The number of carbonyl (C=O) groups excluding carboxylic acids is 1. The smallest absolute Gasteiger partial charge is 0.191 e. The van der Waals surface area contributed by atoms with E-state index in [1.165, 1.54) is 11.1 Å². The van der Waals surface area contributed by atoms with Gasteiger partial charge in [0, 0.05) is 31.5 Å². The maximum atomic E-state index is 13.7. The minimum Gasteiger partial charge on any atom is -0.374 e. The molecule has 4 rings (SSSR count). The molecule has 0 unspecified atom stereocenters. The summed E-state index contributed by atoms with van der Waals surface area (Å²) >= 11 is 0. The number of ether oxygens (including phenoxy) is 4. The number of hydrogen-bond donors (Lipinski definition) is 0. The van der Waals surface area contributed by atoms with E-state index in [1.54, 1.807) is 6.08 Å². The van der Waals surface area contributed by atoms with Crippen molar-refractivity contribution in [3.63, 3.8) is 0 Å². The summed E-state index contributed by atoms with van der Waals surface area (Å²) in [5.74, 6) is 0.660. The van der Waals surface area contributed by atoms with Gasteiger partial charge in [0.25, 0.3) is 0 Å². The van der Waals surface area contributed by atoms with Crippen LogP contribution in [0.25, 0.3) is 5.65 Å². The number of allylic oxidation sites excluding steroid dienone is 1. The fourth-order valence-corrected chi connectivity index (χ4v) is 5.86. The largest absolute Gasteiger partial charge is 0.374 e. The van der Waals surface area contributed by atoms with Crippen molar-refractivity contribution in [2.24, 2.45) is 0 Å². The van der Waals surface area contributed by atoms with Gasteiger partial charge >= 0.3 is 0 Å². The minimum atomic E-state index is -0.877. The Labute approximate surface area is 274 Å². The Balaban J connectivity index is 1.73. The molecule has 1 aromatic carbocycles. The van der Waals surface area contributed by atoms with Crippen LogP contribution in [0.1, 0.15) is 87.2 Å². The molecule has 0 bridgehead atoms. The molecule has 1 atom stereocenters. The maximum absolute atomic E-state index is 13.7. The van der Waals surface area contributed by atoms with Gasteiger partial charge in [-0.25, -0.2) is 4.98 Å². The number of rotatable bonds is 16. The number of anilines is 1. The van der Waals surface area contributed by atoms with Gasteiger partial charge in [0.1, 0.15) is 18.5 Å². The molecule has 3 heterocycles. The number of aromatic nitrogens is 3. The topological polar surface area (TPSA) is 87.4 Å². The highest BCUT2D eigenvalue weighted by Crippen LogP contribution is 2.38. The average Bonchev–Trinajstić information content (AvgIpc) is 3.40. The van der Waals surface area contributed by atoms with E-state index in [9.17, 15) is 4.79 Å². The second-order valence-electron chi connectivity index (χ2n) is 13.3. The Hall–Kier alpha value is -3.37. The monoisotopic (exact) mass is 632 g/mol. The van der Waals surface area contributed by atoms with E-state index < -0.39 is 11.7 Å². The number of hydrogen-bond acceptors (Lipinski definition) is 8. The predicted octanol–water partition coefficient (Wildman–Crippen LogP) is 6.81. The third kappa shape index (κ3) is 8.91. The number of benzene rings is 1. The van der Waals surface area contributed by atoms with Gasteiger partial charge in [0.2, 0.25) is 0 Å². The first-order chi connectivity index (χ1) is 21.9. The Kier molecular flexibility index (Phi) is 11.9. The summed E-state index contributed by atoms with van der Waals surface area (Å²) in [5.41, 5.74) is 5.60. The maximum Gasteiger partial charge on any atom is 0.191 e. The second kappa shape index (κ2) is 15.5. The standard InChI is InChI=1S/C37H52N4O5/c1-10-13-28-21-26(4)14-15-29(28)23-44-24-30-22-32-38-27(5)33(34(46-36(6,7)8)31(42)25-43-12-3)35(41(32)39-30)40-18-16-37(9,17-19-40)45-20-11-2/h10-11,14-15,21-22,34H,1-2,12-13,16-20,23-25H2,3-9H3/t34-/m1/s1. The molecule has 46 heavy (non-hydrogen) atoms. The molecule has 0 radical (unpaired) electrons. The van der Waals surface area contributed by atoms with Crippen molar-refractivity contribution >= 4 is 17.2 Å². The van der Waals surface area contributed by atoms with E-state index in [4.69, 9.17) is 29.0 Å². The summed E-state index contributed by atoms with van der Waals surface area (Å²) in [6, 6.07) is 8.36. The number of nitrogens with zero attached hydrogens (tertiary/aromatic N) is 4. The van der Waals surface area contributed by atoms with Gasteiger partial charge in [-0.2, -0.15) is 9.61 Å². The number of aryl methyl sites for hydroxylation is 2. The van der Waals surface area contributed by atoms with Gasteiger partial charge in [-0.1, -0.05) is 35.9 Å². The molecule has 3 aromatic rings. The molecule has 0 spiro atoms. The van der Waals surface area contributed by atoms with Crippen molar-refractivity contribution < 1.29 is 23.7 Å². The fraction of sp³-hybridized carbons (Fsp3) is 0.541. The summed E-state index contributed by atoms with van der Waals surface area (Å²) in [4.78, 5) is 21.0. The van der Waals surface area contributed by atoms with Crippen LogP contribution in [-0.4, -0.2) is 64.5 Å². The first-order valence-electron chi connectivity index (χ1n) is 16.3. The van der Waals surface area contributed by atoms with Crippen LogP contribution in [0, 0.1) is 13.8 Å². The Morgan fingerprint density at radius 3 is 2.46 bits per heavy atom. The fourth-order valence-electron chi connectivity index (χ4n) is 5.86. The Morgan fingerprint density at radius 2 is 1.80 bits per heavy atom. The molecule has 1 aliphatic rings. The molecular formula is C37H52N4O5. The van der Waals surface area contributed by atoms with Gasteiger partial charge < -0.3 is 23.8 Å². The van der Waals surface area contributed by atoms with Gasteiger partial charge in [-0.05, 0) is 78.9 Å². The zero-order valence-electron chi connectivity index (χ0n) is 28.9. The molecule has 9 nitrogen and oxygen atoms in total. The summed E-state index contributed by atoms with van der Waals surface area (Å²) < 4.78 is 26.3. The van der Waals surface area contributed by atoms with Crippen molar-refractivity contribution in [3.8, 4) is 0 Å². The van der Waals surface area contributed by atoms with Crippen molar-refractivity contribution in [2.75, 3.05) is 37.8 Å². The van der Waals surface area contributed by atoms with Gasteiger partial charge in [0.15, 0.2) is 11.4 Å². The summed E-state index contributed by atoms with van der Waals surface area (Å²) in [6.07, 6.45) is 5.23. The first-order valence-corrected chi connectivity index (χ1v) is 16.3. The molecule has 0 saturated carbocycles. The number of carbonyl (C=O) groups is 1. The highest BCUT2D eigenvalue weighted by atomic mass is 16.5. The molecule has 1 saturated heterocycles. The van der Waals surface area contributed by atoms with Gasteiger partial charge in [-0.15, -0.1) is 13.2 Å². The van der Waals surface area contributed by atoms with Crippen molar-refractivity contribution in [1.29, 1.82) is 0 Å². The highest BCUT2D eigenvalue weighted by Gasteiger charge is 2.37. The summed E-state index contributed by atoms with van der Waals surface area (Å²) in [7, 11) is 0. The SMILES string of the molecule is C=CCOC1(C)CCN(c2c([C@H](OC(C)(C)C)C(=O)COCC)c(C)nc3cc(COCc4ccc(C)cc4CC=C)nn23)CC1. The van der Waals surface area contributed by atoms with Gasteiger partial charge in [-0.3, -0.25) is 4.79 Å². The lowest BCUT2D eigenvalue weighted by atomic mass is 9.92. The van der Waals surface area contributed by atoms with Crippen LogP contribution in [0.4, 0.5) is 5.82 Å². The lowest BCUT2D eigenvalue weighted by molar-refractivity contribution is -0.145. The zero-order chi connectivity index (χ0) is 33.5. The molecule has 0 amide bonds. The zero-order valence-corrected chi connectivity index (χ0v) is 28.9. The summed E-state index contributed by atoms with van der Waals surface area (Å²) in [6.45, 7) is 24.7. The summed E-state index contributed by atoms with van der Waals surface area (Å²) in [5, 5.41) is 5.01. The number of piperidine rings is 1. The second-order valence-corrected chi connectivity index (χ2v) is 13.3. The third-order valence-corrected chi connectivity index (χ3v) is 8.23. The molecule has 1 fully saturated rings. The van der Waals surface area contributed by atoms with Crippen molar-refractivity contribution in [2.45, 2.75) is 98.2 Å². The van der Waals surface area contributed by atoms with Crippen molar-refractivity contribution in [1.82, 2.24) is 14.6 Å². The Morgan fingerprint density at radius 1 is 1.07 bits per heavy atom. The number of fused-ring (bicyclic) bond motifs is 1. The molecule has 0 N–H and O–H groups in total. The Bertz CT molecular complexity index is 1510. The lowest BCUT2D eigenvalue weighted by Crippen LogP contribution is -2.45. The van der Waals surface area contributed by atoms with E-state index in [1.807, 2.05) is 51.3 Å². The molecular weight excluding hydrogens is 580 g/mol. The molecule has 9 heteroatoms. The van der Waals surface area contributed by atoms with Crippen LogP contribution in [0.3, 0.4) is 0 Å². The minimum absolute atomic E-state index is 0.0489. The van der Waals surface area contributed by atoms with E-state index in [2.05, 4.69) is 50.1 Å². The predicted molar refractivity (Wildman–Crippen MR) is 182 cm³/mol. The highest BCUT2D eigenvalue weighted by molar-refractivity contribution is 5.87. The molecule has 1 aliphatic heterocycles. The van der Waals surface area contributed by atoms with Crippen LogP contribution < -0.4 is 4.90 Å². The quantitative estimate of drug-likeness (QED) is 0.159. The number of ketones is 1. The van der Waals surface area contributed by atoms with E-state index in [-0.39, 0.29) is 18.0 Å². The van der Waals surface area contributed by atoms with E-state index in [0.717, 1.165) is 42.0 Å². The van der Waals surface area contributed by atoms with E-state index in [0.29, 0.717) is 50.7 Å². The van der Waals surface area contributed by atoms with Crippen LogP contribution >= 0.6 is 0 Å². The average molecular weight is 633 g/mol. The lowest BCUT2D eigenvalue weighted by Gasteiger charge is -2.41. The molecule has 0 aliphatic carbocycles. The molecule has 2 aromatic heterocycles. The third-order valence-electron chi connectivity index (χ3n) is 8.23. The van der Waals surface area contributed by atoms with Crippen LogP contribution in [0.2, 0.25) is 0 Å². The molecule has 250 valence electrons. The van der Waals surface area contributed by atoms with Gasteiger partial charge in [0.05, 0.1) is 42.3 Å². The van der Waals surface area contributed by atoms with Crippen molar-refractivity contribution in [3.05, 3.63) is 83.2 Å². The first kappa shape index (κ1) is 35.5. The van der Waals surface area contributed by atoms with Crippen LogP contribution in [0.15, 0.2) is 49.6 Å². The van der Waals surface area contributed by atoms with E-state index >= 15 is 0 Å². The van der Waals surface area contributed by atoms with Crippen LogP contribution in [0.5, 0.6) is 0 Å².